The lowest BCUT2D eigenvalue weighted by Crippen LogP contribution is -2.48. The quantitative estimate of drug-likeness (QED) is 0.601. The van der Waals surface area contributed by atoms with Crippen LogP contribution in [-0.2, 0) is 14.6 Å². The average Bonchev–Trinajstić information content (AvgIpc) is 3.26. The lowest BCUT2D eigenvalue weighted by molar-refractivity contribution is -0.129. The van der Waals surface area contributed by atoms with E-state index in [1.807, 2.05) is 4.90 Å². The summed E-state index contributed by atoms with van der Waals surface area (Å²) in [5.74, 6) is 1.07. The van der Waals surface area contributed by atoms with Gasteiger partial charge in [-0.25, -0.2) is 8.42 Å². The number of aromatic nitrogens is 1. The highest BCUT2D eigenvalue weighted by Crippen LogP contribution is 2.35. The molecule has 31 heavy (non-hydrogen) atoms. The minimum absolute atomic E-state index is 0.00623. The molecule has 1 amide bonds. The smallest absolute Gasteiger partial charge is 0.236 e. The van der Waals surface area contributed by atoms with Crippen molar-refractivity contribution in [3.63, 3.8) is 0 Å². The number of carbonyl (C=O) groups is 1. The van der Waals surface area contributed by atoms with Crippen molar-refractivity contribution in [3.05, 3.63) is 54.6 Å². The van der Waals surface area contributed by atoms with Gasteiger partial charge in [-0.1, -0.05) is 18.2 Å². The van der Waals surface area contributed by atoms with E-state index in [4.69, 9.17) is 9.15 Å². The minimum Gasteiger partial charge on any atom is -0.497 e. The predicted octanol–water partition coefficient (Wildman–Crippen LogP) is 2.85. The Bertz CT molecular complexity index is 1170. The van der Waals surface area contributed by atoms with Crippen molar-refractivity contribution in [3.8, 4) is 17.2 Å². The third kappa shape index (κ3) is 4.13. The number of benzene rings is 2. The number of amides is 1. The molecule has 2 heterocycles. The molecule has 0 radical (unpaired) electrons. The molecule has 2 aromatic carbocycles. The Morgan fingerprint density at radius 3 is 2.23 bits per heavy atom. The lowest BCUT2D eigenvalue weighted by atomic mass is 10.2. The summed E-state index contributed by atoms with van der Waals surface area (Å²) in [5.41, 5.74) is 0.638. The van der Waals surface area contributed by atoms with Gasteiger partial charge in [0, 0.05) is 38.7 Å². The monoisotopic (exact) mass is 441 g/mol. The van der Waals surface area contributed by atoms with Gasteiger partial charge in [-0.3, -0.25) is 4.79 Å². The van der Waals surface area contributed by atoms with Crippen LogP contribution in [0.2, 0.25) is 0 Å². The van der Waals surface area contributed by atoms with Crippen LogP contribution in [0, 0.1) is 0 Å². The fraction of sp³-hybridized carbons (Fsp3) is 0.273. The molecule has 0 atom stereocenters. The summed E-state index contributed by atoms with van der Waals surface area (Å²) in [7, 11) is -2.33. The van der Waals surface area contributed by atoms with E-state index in [-0.39, 0.29) is 27.6 Å². The largest absolute Gasteiger partial charge is 0.497 e. The normalized spacial score (nSPS) is 14.5. The van der Waals surface area contributed by atoms with Crippen LogP contribution in [0.4, 0.5) is 5.88 Å². The van der Waals surface area contributed by atoms with Gasteiger partial charge in [0.05, 0.1) is 12.0 Å². The zero-order valence-electron chi connectivity index (χ0n) is 17.3. The number of nitrogens with zero attached hydrogens (tertiary/aromatic N) is 3. The molecule has 3 aromatic rings. The molecule has 0 spiro atoms. The summed E-state index contributed by atoms with van der Waals surface area (Å²) in [5, 5.41) is -0.124. The Labute approximate surface area is 181 Å². The topological polar surface area (TPSA) is 93.0 Å². The van der Waals surface area contributed by atoms with Crippen LogP contribution >= 0.6 is 0 Å². The van der Waals surface area contributed by atoms with Gasteiger partial charge in [0.1, 0.15) is 5.75 Å². The van der Waals surface area contributed by atoms with Crippen LogP contribution in [0.1, 0.15) is 6.92 Å². The van der Waals surface area contributed by atoms with Crippen LogP contribution in [0.5, 0.6) is 5.75 Å². The highest BCUT2D eigenvalue weighted by Gasteiger charge is 2.33. The molecule has 162 valence electrons. The highest BCUT2D eigenvalue weighted by molar-refractivity contribution is 7.91. The van der Waals surface area contributed by atoms with E-state index in [0.29, 0.717) is 37.5 Å². The van der Waals surface area contributed by atoms with E-state index in [9.17, 15) is 13.2 Å². The molecule has 9 heteroatoms. The van der Waals surface area contributed by atoms with Gasteiger partial charge < -0.3 is 19.0 Å². The van der Waals surface area contributed by atoms with Crippen molar-refractivity contribution in [2.45, 2.75) is 16.8 Å². The van der Waals surface area contributed by atoms with Gasteiger partial charge in [0.25, 0.3) is 0 Å². The molecular formula is C22H23N3O5S. The highest BCUT2D eigenvalue weighted by atomic mass is 32.2. The number of methoxy groups -OCH3 is 1. The zero-order valence-corrected chi connectivity index (χ0v) is 18.1. The maximum Gasteiger partial charge on any atom is 0.236 e. The number of rotatable bonds is 5. The van der Waals surface area contributed by atoms with Gasteiger partial charge >= 0.3 is 0 Å². The Morgan fingerprint density at radius 1 is 1.00 bits per heavy atom. The first kappa shape index (κ1) is 20.9. The first-order chi connectivity index (χ1) is 14.9. The van der Waals surface area contributed by atoms with E-state index in [0.717, 1.165) is 0 Å². The zero-order chi connectivity index (χ0) is 22.0. The number of carbonyl (C=O) groups excluding carboxylic acids is 1. The molecule has 0 N–H and O–H groups in total. The van der Waals surface area contributed by atoms with E-state index in [2.05, 4.69) is 4.98 Å². The summed E-state index contributed by atoms with van der Waals surface area (Å²) in [6.45, 7) is 3.40. The molecule has 1 saturated heterocycles. The van der Waals surface area contributed by atoms with Gasteiger partial charge in [-0.15, -0.1) is 0 Å². The van der Waals surface area contributed by atoms with Crippen LogP contribution in [0.15, 0.2) is 68.9 Å². The number of oxazole rings is 1. The first-order valence-corrected chi connectivity index (χ1v) is 11.3. The second kappa shape index (κ2) is 8.43. The predicted molar refractivity (Wildman–Crippen MR) is 115 cm³/mol. The first-order valence-electron chi connectivity index (χ1n) is 9.86. The Morgan fingerprint density at radius 2 is 1.65 bits per heavy atom. The van der Waals surface area contributed by atoms with Crippen LogP contribution < -0.4 is 9.64 Å². The van der Waals surface area contributed by atoms with Gasteiger partial charge in [-0.2, -0.15) is 4.98 Å². The Kier molecular flexibility index (Phi) is 5.69. The Balaban J connectivity index is 1.77. The number of sulfone groups is 1. The lowest BCUT2D eigenvalue weighted by Gasteiger charge is -2.34. The molecule has 0 bridgehead atoms. The summed E-state index contributed by atoms with van der Waals surface area (Å²) < 4.78 is 38.0. The molecule has 0 unspecified atom stereocenters. The van der Waals surface area contributed by atoms with Crippen molar-refractivity contribution < 1.29 is 22.4 Å². The van der Waals surface area contributed by atoms with Gasteiger partial charge in [0.15, 0.2) is 0 Å². The SMILES string of the molecule is COc1ccc(-c2nc(S(=O)(=O)c3ccccc3)c(N3CCN(C(C)=O)CC3)o2)cc1. The van der Waals surface area contributed by atoms with Crippen LogP contribution in [0.25, 0.3) is 11.5 Å². The number of anilines is 1. The second-order valence-corrected chi connectivity index (χ2v) is 9.03. The second-order valence-electron chi connectivity index (χ2n) is 7.17. The number of hydrogen-bond donors (Lipinski definition) is 0. The van der Waals surface area contributed by atoms with E-state index < -0.39 is 9.84 Å². The summed E-state index contributed by atoms with van der Waals surface area (Å²) in [6, 6.07) is 15.2. The minimum atomic E-state index is -3.90. The number of hydrogen-bond acceptors (Lipinski definition) is 7. The van der Waals surface area contributed by atoms with E-state index in [1.54, 1.807) is 54.5 Å². The van der Waals surface area contributed by atoms with Gasteiger partial charge in [0.2, 0.25) is 32.5 Å². The number of piperazine rings is 1. The summed E-state index contributed by atoms with van der Waals surface area (Å²) in [6.07, 6.45) is 0. The van der Waals surface area contributed by atoms with Crippen LogP contribution in [-0.4, -0.2) is 57.5 Å². The standard InChI is InChI=1S/C22H23N3O5S/c1-16(26)24-12-14-25(15-13-24)22-21(31(27,28)19-6-4-3-5-7-19)23-20(30-22)17-8-10-18(29-2)11-9-17/h3-11H,12-15H2,1-2H3. The van der Waals surface area contributed by atoms with E-state index >= 15 is 0 Å². The third-order valence-corrected chi connectivity index (χ3v) is 6.90. The fourth-order valence-electron chi connectivity index (χ4n) is 3.47. The van der Waals surface area contributed by atoms with Crippen molar-refractivity contribution in [1.82, 2.24) is 9.88 Å². The average molecular weight is 442 g/mol. The third-order valence-electron chi connectivity index (χ3n) is 5.24. The molecule has 1 fully saturated rings. The van der Waals surface area contributed by atoms with Crippen molar-refractivity contribution in [2.75, 3.05) is 38.2 Å². The molecule has 8 nitrogen and oxygen atoms in total. The molecule has 1 aromatic heterocycles. The number of ether oxygens (including phenoxy) is 1. The van der Waals surface area contributed by atoms with Gasteiger partial charge in [-0.05, 0) is 36.4 Å². The van der Waals surface area contributed by atoms with Crippen molar-refractivity contribution in [1.29, 1.82) is 0 Å². The summed E-state index contributed by atoms with van der Waals surface area (Å²) in [4.78, 5) is 19.8. The maximum atomic E-state index is 13.4. The van der Waals surface area contributed by atoms with Crippen molar-refractivity contribution in [2.24, 2.45) is 0 Å². The van der Waals surface area contributed by atoms with Crippen LogP contribution in [0.3, 0.4) is 0 Å². The molecule has 0 saturated carbocycles. The molecule has 1 aliphatic heterocycles. The van der Waals surface area contributed by atoms with E-state index in [1.165, 1.54) is 19.1 Å². The maximum absolute atomic E-state index is 13.4. The Hall–Kier alpha value is -3.33. The fourth-order valence-corrected chi connectivity index (χ4v) is 4.81. The summed E-state index contributed by atoms with van der Waals surface area (Å²) >= 11 is 0. The molecular weight excluding hydrogens is 418 g/mol. The van der Waals surface area contributed by atoms with Crippen molar-refractivity contribution >= 4 is 21.6 Å². The molecule has 0 aliphatic carbocycles. The molecule has 4 rings (SSSR count). The molecule has 1 aliphatic rings.